The van der Waals surface area contributed by atoms with Crippen LogP contribution >= 0.6 is 0 Å². The fourth-order valence-corrected chi connectivity index (χ4v) is 3.86. The van der Waals surface area contributed by atoms with Gasteiger partial charge in [0.05, 0.1) is 0 Å². The van der Waals surface area contributed by atoms with E-state index in [2.05, 4.69) is 61.3 Å². The SMILES string of the molecule is CC(C)CC1CNC(C)(C2CC2)CN1Cc1ccccc1. The third-order valence-electron chi connectivity index (χ3n) is 5.24. The molecule has 0 aromatic heterocycles. The second kappa shape index (κ2) is 6.10. The van der Waals surface area contributed by atoms with Crippen LogP contribution in [0.2, 0.25) is 0 Å². The summed E-state index contributed by atoms with van der Waals surface area (Å²) in [5, 5.41) is 3.89. The molecule has 3 rings (SSSR count). The summed E-state index contributed by atoms with van der Waals surface area (Å²) < 4.78 is 0. The van der Waals surface area contributed by atoms with E-state index >= 15 is 0 Å². The molecule has 1 heterocycles. The Hall–Kier alpha value is -0.860. The van der Waals surface area contributed by atoms with Crippen LogP contribution in [-0.2, 0) is 6.54 Å². The molecule has 1 N–H and O–H groups in total. The number of hydrogen-bond acceptors (Lipinski definition) is 2. The highest BCUT2D eigenvalue weighted by atomic mass is 15.3. The zero-order valence-electron chi connectivity index (χ0n) is 13.8. The first-order valence-corrected chi connectivity index (χ1v) is 8.60. The van der Waals surface area contributed by atoms with Crippen LogP contribution in [0.1, 0.15) is 45.6 Å². The van der Waals surface area contributed by atoms with Gasteiger partial charge in [0.25, 0.3) is 0 Å². The Bertz CT molecular complexity index is 452. The van der Waals surface area contributed by atoms with E-state index in [4.69, 9.17) is 0 Å². The lowest BCUT2D eigenvalue weighted by Crippen LogP contribution is -2.63. The molecule has 2 atom stereocenters. The quantitative estimate of drug-likeness (QED) is 0.888. The minimum absolute atomic E-state index is 0.336. The highest BCUT2D eigenvalue weighted by Crippen LogP contribution is 2.41. The largest absolute Gasteiger partial charge is 0.308 e. The lowest BCUT2D eigenvalue weighted by Gasteiger charge is -2.47. The molecule has 1 aliphatic carbocycles. The lowest BCUT2D eigenvalue weighted by atomic mass is 9.88. The molecule has 21 heavy (non-hydrogen) atoms. The smallest absolute Gasteiger partial charge is 0.0309 e. The van der Waals surface area contributed by atoms with Crippen LogP contribution in [0.3, 0.4) is 0 Å². The minimum atomic E-state index is 0.336. The summed E-state index contributed by atoms with van der Waals surface area (Å²) >= 11 is 0. The van der Waals surface area contributed by atoms with Crippen LogP contribution in [-0.4, -0.2) is 29.6 Å². The van der Waals surface area contributed by atoms with Crippen molar-refractivity contribution in [2.45, 2.75) is 58.2 Å². The molecule has 0 spiro atoms. The molecule has 1 saturated carbocycles. The number of nitrogens with one attached hydrogen (secondary N) is 1. The van der Waals surface area contributed by atoms with Crippen molar-refractivity contribution in [2.24, 2.45) is 11.8 Å². The number of benzene rings is 1. The highest BCUT2D eigenvalue weighted by Gasteiger charge is 2.45. The Labute approximate surface area is 129 Å². The zero-order chi connectivity index (χ0) is 14.9. The third-order valence-corrected chi connectivity index (χ3v) is 5.24. The molecular weight excluding hydrogens is 256 g/mol. The second-order valence-electron chi connectivity index (χ2n) is 7.75. The van der Waals surface area contributed by atoms with Crippen LogP contribution < -0.4 is 5.32 Å². The predicted molar refractivity (Wildman–Crippen MR) is 89.2 cm³/mol. The van der Waals surface area contributed by atoms with Crippen LogP contribution in [0.5, 0.6) is 0 Å². The maximum absolute atomic E-state index is 3.89. The van der Waals surface area contributed by atoms with Crippen molar-refractivity contribution >= 4 is 0 Å². The minimum Gasteiger partial charge on any atom is -0.308 e. The van der Waals surface area contributed by atoms with Gasteiger partial charge in [-0.3, -0.25) is 4.90 Å². The summed E-state index contributed by atoms with van der Waals surface area (Å²) in [6.07, 6.45) is 4.12. The molecule has 2 heteroatoms. The summed E-state index contributed by atoms with van der Waals surface area (Å²) in [7, 11) is 0. The Morgan fingerprint density at radius 3 is 2.57 bits per heavy atom. The molecule has 1 aromatic rings. The number of piperazine rings is 1. The van der Waals surface area contributed by atoms with Crippen LogP contribution in [0, 0.1) is 11.8 Å². The maximum atomic E-state index is 3.89. The van der Waals surface area contributed by atoms with Gasteiger partial charge in [-0.05, 0) is 43.6 Å². The van der Waals surface area contributed by atoms with E-state index in [0.29, 0.717) is 11.6 Å². The van der Waals surface area contributed by atoms with E-state index in [1.54, 1.807) is 0 Å². The molecular formula is C19H30N2. The van der Waals surface area contributed by atoms with Gasteiger partial charge < -0.3 is 5.32 Å². The molecule has 0 amide bonds. The number of nitrogens with zero attached hydrogens (tertiary/aromatic N) is 1. The van der Waals surface area contributed by atoms with E-state index in [1.165, 1.54) is 31.4 Å². The number of hydrogen-bond donors (Lipinski definition) is 1. The van der Waals surface area contributed by atoms with Gasteiger partial charge in [-0.15, -0.1) is 0 Å². The third kappa shape index (κ3) is 3.67. The van der Waals surface area contributed by atoms with Gasteiger partial charge in [0.1, 0.15) is 0 Å². The van der Waals surface area contributed by atoms with Crippen molar-refractivity contribution < 1.29 is 0 Å². The molecule has 1 saturated heterocycles. The summed E-state index contributed by atoms with van der Waals surface area (Å²) in [4.78, 5) is 2.74. The summed E-state index contributed by atoms with van der Waals surface area (Å²) in [6, 6.07) is 11.6. The topological polar surface area (TPSA) is 15.3 Å². The van der Waals surface area contributed by atoms with Gasteiger partial charge in [-0.1, -0.05) is 44.2 Å². The average molecular weight is 286 g/mol. The second-order valence-corrected chi connectivity index (χ2v) is 7.75. The summed E-state index contributed by atoms with van der Waals surface area (Å²) in [5.41, 5.74) is 1.79. The van der Waals surface area contributed by atoms with Crippen molar-refractivity contribution in [3.05, 3.63) is 35.9 Å². The maximum Gasteiger partial charge on any atom is 0.0309 e. The molecule has 1 aliphatic heterocycles. The van der Waals surface area contributed by atoms with Gasteiger partial charge >= 0.3 is 0 Å². The van der Waals surface area contributed by atoms with Crippen molar-refractivity contribution in [3.8, 4) is 0 Å². The molecule has 2 unspecified atom stereocenters. The van der Waals surface area contributed by atoms with Crippen LogP contribution in [0.4, 0.5) is 0 Å². The van der Waals surface area contributed by atoms with E-state index < -0.39 is 0 Å². The van der Waals surface area contributed by atoms with E-state index in [9.17, 15) is 0 Å². The fraction of sp³-hybridized carbons (Fsp3) is 0.684. The Balaban J connectivity index is 1.72. The standard InChI is InChI=1S/C19H30N2/c1-15(2)11-18-12-20-19(3,17-9-10-17)14-21(18)13-16-7-5-4-6-8-16/h4-8,15,17-18,20H,9-14H2,1-3H3. The van der Waals surface area contributed by atoms with Crippen LogP contribution in [0.25, 0.3) is 0 Å². The number of rotatable bonds is 5. The molecule has 2 fully saturated rings. The predicted octanol–water partition coefficient (Wildman–Crippen LogP) is 3.68. The monoisotopic (exact) mass is 286 g/mol. The lowest BCUT2D eigenvalue weighted by molar-refractivity contribution is 0.0582. The highest BCUT2D eigenvalue weighted by molar-refractivity contribution is 5.15. The van der Waals surface area contributed by atoms with E-state index in [-0.39, 0.29) is 0 Å². The molecule has 2 aliphatic rings. The first-order chi connectivity index (χ1) is 10.1. The average Bonchev–Trinajstić information content (AvgIpc) is 3.28. The Morgan fingerprint density at radius 1 is 1.24 bits per heavy atom. The molecule has 0 radical (unpaired) electrons. The van der Waals surface area contributed by atoms with Crippen molar-refractivity contribution in [2.75, 3.05) is 13.1 Å². The van der Waals surface area contributed by atoms with Gasteiger partial charge in [-0.2, -0.15) is 0 Å². The Morgan fingerprint density at radius 2 is 1.95 bits per heavy atom. The Kier molecular flexibility index (Phi) is 4.37. The van der Waals surface area contributed by atoms with E-state index in [1.807, 2.05) is 0 Å². The summed E-state index contributed by atoms with van der Waals surface area (Å²) in [5.74, 6) is 1.66. The van der Waals surface area contributed by atoms with Gasteiger partial charge in [0.15, 0.2) is 0 Å². The fourth-order valence-electron chi connectivity index (χ4n) is 3.86. The first kappa shape index (κ1) is 15.1. The zero-order valence-corrected chi connectivity index (χ0v) is 13.8. The first-order valence-electron chi connectivity index (χ1n) is 8.60. The van der Waals surface area contributed by atoms with Crippen molar-refractivity contribution in [1.29, 1.82) is 0 Å². The van der Waals surface area contributed by atoms with Crippen molar-refractivity contribution in [3.63, 3.8) is 0 Å². The summed E-state index contributed by atoms with van der Waals surface area (Å²) in [6.45, 7) is 10.6. The molecule has 0 bridgehead atoms. The van der Waals surface area contributed by atoms with Crippen molar-refractivity contribution in [1.82, 2.24) is 10.2 Å². The van der Waals surface area contributed by atoms with Gasteiger partial charge in [0, 0.05) is 31.2 Å². The molecule has 2 nitrogen and oxygen atoms in total. The molecule has 116 valence electrons. The van der Waals surface area contributed by atoms with Gasteiger partial charge in [-0.25, -0.2) is 0 Å². The molecule has 1 aromatic carbocycles. The normalized spacial score (nSPS) is 30.8. The van der Waals surface area contributed by atoms with Gasteiger partial charge in [0.2, 0.25) is 0 Å². The van der Waals surface area contributed by atoms with Crippen LogP contribution in [0.15, 0.2) is 30.3 Å². The van der Waals surface area contributed by atoms with E-state index in [0.717, 1.165) is 24.9 Å².